The van der Waals surface area contributed by atoms with Crippen LogP contribution in [0, 0.1) is 6.92 Å². The van der Waals surface area contributed by atoms with Crippen LogP contribution in [-0.4, -0.2) is 36.9 Å². The number of nitrogen functional groups attached to an aromatic ring is 1. The first-order valence-electron chi connectivity index (χ1n) is 7.54. The van der Waals surface area contributed by atoms with Gasteiger partial charge in [-0.1, -0.05) is 0 Å². The number of nitrogens with one attached hydrogen (secondary N) is 2. The molecule has 0 spiro atoms. The smallest absolute Gasteiger partial charge is 0.204 e. The van der Waals surface area contributed by atoms with Gasteiger partial charge in [-0.05, 0) is 25.0 Å². The first kappa shape index (κ1) is 17.6. The summed E-state index contributed by atoms with van der Waals surface area (Å²) in [5, 5.41) is 14.5. The van der Waals surface area contributed by atoms with Crippen LogP contribution in [0.15, 0.2) is 35.7 Å². The van der Waals surface area contributed by atoms with Crippen LogP contribution in [0.4, 0.5) is 11.4 Å². The minimum absolute atomic E-state index is 0.0152. The van der Waals surface area contributed by atoms with E-state index in [0.717, 1.165) is 5.56 Å². The van der Waals surface area contributed by atoms with Crippen molar-refractivity contribution in [3.8, 4) is 5.75 Å². The van der Waals surface area contributed by atoms with E-state index in [0.29, 0.717) is 30.1 Å². The summed E-state index contributed by atoms with van der Waals surface area (Å²) in [7, 11) is 1.50. The maximum absolute atomic E-state index is 12.2. The quantitative estimate of drug-likeness (QED) is 0.333. The van der Waals surface area contributed by atoms with Crippen LogP contribution in [0.1, 0.15) is 12.0 Å². The highest BCUT2D eigenvalue weighted by Crippen LogP contribution is 2.31. The number of aliphatic hydroxyl groups is 1. The number of allylic oxidation sites excluding steroid dienone is 2. The van der Waals surface area contributed by atoms with Gasteiger partial charge in [0.15, 0.2) is 0 Å². The third-order valence-electron chi connectivity index (χ3n) is 3.59. The van der Waals surface area contributed by atoms with Gasteiger partial charge in [0.2, 0.25) is 11.6 Å². The van der Waals surface area contributed by atoms with Crippen LogP contribution in [0.5, 0.6) is 5.75 Å². The fourth-order valence-corrected chi connectivity index (χ4v) is 2.21. The van der Waals surface area contributed by atoms with Gasteiger partial charge in [0.25, 0.3) is 0 Å². The number of nitrogens with two attached hydrogens (primary N) is 1. The van der Waals surface area contributed by atoms with Crippen molar-refractivity contribution >= 4 is 22.9 Å². The molecule has 0 aromatic heterocycles. The molecule has 0 fully saturated rings. The van der Waals surface area contributed by atoms with Gasteiger partial charge in [-0.15, -0.1) is 0 Å². The summed E-state index contributed by atoms with van der Waals surface area (Å²) in [4.78, 5) is 24.3. The highest BCUT2D eigenvalue weighted by molar-refractivity contribution is 6.20. The van der Waals surface area contributed by atoms with E-state index in [-0.39, 0.29) is 29.6 Å². The number of ketones is 2. The lowest BCUT2D eigenvalue weighted by atomic mass is 10.1. The van der Waals surface area contributed by atoms with Crippen molar-refractivity contribution in [3.63, 3.8) is 0 Å². The van der Waals surface area contributed by atoms with E-state index in [9.17, 15) is 9.59 Å². The first-order valence-corrected chi connectivity index (χ1v) is 7.54. The van der Waals surface area contributed by atoms with E-state index in [1.54, 1.807) is 12.1 Å². The third kappa shape index (κ3) is 3.94. The Labute approximate surface area is 140 Å². The second-order valence-electron chi connectivity index (χ2n) is 5.38. The molecule has 0 heterocycles. The number of aryl methyl sites for hydroxylation is 1. The molecule has 24 heavy (non-hydrogen) atoms. The maximum atomic E-state index is 12.2. The zero-order valence-corrected chi connectivity index (χ0v) is 13.7. The number of ether oxygens (including phenoxy) is 1. The summed E-state index contributed by atoms with van der Waals surface area (Å²) in [5.41, 5.74) is 8.19. The molecule has 128 valence electrons. The van der Waals surface area contributed by atoms with E-state index in [1.807, 2.05) is 6.92 Å². The largest absolute Gasteiger partial charge is 0.494 e. The summed E-state index contributed by atoms with van der Waals surface area (Å²) >= 11 is 0. The predicted octanol–water partition coefficient (Wildman–Crippen LogP) is 0.889. The predicted molar refractivity (Wildman–Crippen MR) is 91.7 cm³/mol. The Hall–Kier alpha value is -2.80. The lowest BCUT2D eigenvalue weighted by Crippen LogP contribution is -2.27. The van der Waals surface area contributed by atoms with Crippen LogP contribution in [0.2, 0.25) is 0 Å². The Kier molecular flexibility index (Phi) is 5.59. The van der Waals surface area contributed by atoms with Crippen molar-refractivity contribution < 1.29 is 19.4 Å². The molecule has 5 N–H and O–H groups in total. The fourth-order valence-electron chi connectivity index (χ4n) is 2.21. The molecule has 0 unspecified atom stereocenters. The topological polar surface area (TPSA) is 114 Å². The number of carbonyl (C=O) groups is 2. The summed E-state index contributed by atoms with van der Waals surface area (Å²) < 4.78 is 5.25. The first-order chi connectivity index (χ1) is 11.5. The number of carbonyl (C=O) groups excluding carboxylic acids is 2. The second-order valence-corrected chi connectivity index (χ2v) is 5.38. The lowest BCUT2D eigenvalue weighted by molar-refractivity contribution is -0.115. The van der Waals surface area contributed by atoms with Gasteiger partial charge >= 0.3 is 0 Å². The molecule has 0 saturated heterocycles. The number of aliphatic hydroxyl groups excluding tert-OH is 1. The van der Waals surface area contributed by atoms with Gasteiger partial charge in [-0.3, -0.25) is 9.59 Å². The van der Waals surface area contributed by atoms with E-state index in [2.05, 4.69) is 10.6 Å². The Morgan fingerprint density at radius 1 is 1.17 bits per heavy atom. The Morgan fingerprint density at radius 3 is 2.50 bits per heavy atom. The highest BCUT2D eigenvalue weighted by Gasteiger charge is 2.21. The molecule has 0 bridgehead atoms. The molecule has 0 aliphatic heterocycles. The van der Waals surface area contributed by atoms with Crippen LogP contribution in [-0.2, 0) is 9.59 Å². The van der Waals surface area contributed by atoms with Crippen LogP contribution in [0.25, 0.3) is 0 Å². The Balaban J connectivity index is 2.17. The minimum Gasteiger partial charge on any atom is -0.494 e. The molecular weight excluding hydrogens is 310 g/mol. The molecular formula is C17H21N3O4. The zero-order chi connectivity index (χ0) is 17.7. The lowest BCUT2D eigenvalue weighted by Gasteiger charge is -2.17. The van der Waals surface area contributed by atoms with Gasteiger partial charge in [0.1, 0.15) is 5.75 Å². The number of rotatable bonds is 7. The number of anilines is 2. The highest BCUT2D eigenvalue weighted by atomic mass is 16.5. The molecule has 0 saturated carbocycles. The molecule has 1 aromatic rings. The van der Waals surface area contributed by atoms with E-state index >= 15 is 0 Å². The van der Waals surface area contributed by atoms with Crippen molar-refractivity contribution in [2.75, 3.05) is 31.3 Å². The maximum Gasteiger partial charge on any atom is 0.204 e. The van der Waals surface area contributed by atoms with Crippen molar-refractivity contribution in [1.82, 2.24) is 5.32 Å². The molecule has 1 aliphatic rings. The molecule has 7 nitrogen and oxygen atoms in total. The van der Waals surface area contributed by atoms with Crippen molar-refractivity contribution in [3.05, 3.63) is 41.2 Å². The zero-order valence-electron chi connectivity index (χ0n) is 13.7. The molecule has 0 radical (unpaired) electrons. The number of hydrogen-bond acceptors (Lipinski definition) is 7. The van der Waals surface area contributed by atoms with Gasteiger partial charge in [-0.25, -0.2) is 0 Å². The van der Waals surface area contributed by atoms with Crippen molar-refractivity contribution in [2.24, 2.45) is 0 Å². The molecule has 1 aliphatic carbocycles. The molecule has 1 aromatic carbocycles. The summed E-state index contributed by atoms with van der Waals surface area (Å²) in [6.07, 6.45) is 2.99. The van der Waals surface area contributed by atoms with Gasteiger partial charge in [-0.2, -0.15) is 0 Å². The molecule has 2 rings (SSSR count). The van der Waals surface area contributed by atoms with Gasteiger partial charge in [0.05, 0.1) is 24.2 Å². The van der Waals surface area contributed by atoms with E-state index in [1.165, 1.54) is 19.3 Å². The van der Waals surface area contributed by atoms with E-state index in [4.69, 9.17) is 15.6 Å². The monoisotopic (exact) mass is 331 g/mol. The summed E-state index contributed by atoms with van der Waals surface area (Å²) in [6.45, 7) is 2.27. The standard InChI is InChI=1S/C17H21N3O4/c1-10-6-14(17(24-2)7-11(10)18)20-13-9-15(22)12(8-16(13)23)19-4-3-5-21/h6-9,19-21H,3-5,18H2,1-2H3. The van der Waals surface area contributed by atoms with Gasteiger partial charge < -0.3 is 26.2 Å². The van der Waals surface area contributed by atoms with Crippen LogP contribution in [0.3, 0.4) is 0 Å². The Morgan fingerprint density at radius 2 is 1.83 bits per heavy atom. The van der Waals surface area contributed by atoms with Gasteiger partial charge in [0, 0.05) is 37.1 Å². The number of methoxy groups -OCH3 is 1. The van der Waals surface area contributed by atoms with Crippen LogP contribution < -0.4 is 21.1 Å². The fraction of sp³-hybridized carbons (Fsp3) is 0.294. The average Bonchev–Trinajstić information content (AvgIpc) is 2.55. The molecule has 7 heteroatoms. The number of benzene rings is 1. The Bertz CT molecular complexity index is 723. The van der Waals surface area contributed by atoms with Crippen LogP contribution >= 0.6 is 0 Å². The third-order valence-corrected chi connectivity index (χ3v) is 3.59. The second kappa shape index (κ2) is 7.65. The number of hydrogen-bond donors (Lipinski definition) is 4. The molecule has 0 amide bonds. The van der Waals surface area contributed by atoms with Crippen molar-refractivity contribution in [1.29, 1.82) is 0 Å². The molecule has 0 atom stereocenters. The van der Waals surface area contributed by atoms with Crippen molar-refractivity contribution in [2.45, 2.75) is 13.3 Å². The average molecular weight is 331 g/mol. The normalized spacial score (nSPS) is 14.1. The summed E-state index contributed by atoms with van der Waals surface area (Å²) in [6, 6.07) is 3.41. The summed E-state index contributed by atoms with van der Waals surface area (Å²) in [5.74, 6) is -0.145. The minimum atomic E-state index is -0.322. The SMILES string of the molecule is COc1cc(N)c(C)cc1NC1=CC(=O)C(NCCCO)=CC1=O. The van der Waals surface area contributed by atoms with E-state index < -0.39 is 0 Å².